The van der Waals surface area contributed by atoms with E-state index in [-0.39, 0.29) is 10.5 Å². The summed E-state index contributed by atoms with van der Waals surface area (Å²) in [5, 5.41) is 0.577. The fourth-order valence-electron chi connectivity index (χ4n) is 4.53. The summed E-state index contributed by atoms with van der Waals surface area (Å²) >= 11 is 1.41. The van der Waals surface area contributed by atoms with Crippen LogP contribution in [0.5, 0.6) is 0 Å². The van der Waals surface area contributed by atoms with Crippen LogP contribution in [0.1, 0.15) is 52.7 Å². The molecular formula is C33H48N2O6SSi. The van der Waals surface area contributed by atoms with E-state index in [0.717, 1.165) is 11.1 Å². The molecule has 2 aromatic carbocycles. The number of amides is 1. The Balaban J connectivity index is 1.64. The zero-order valence-corrected chi connectivity index (χ0v) is 28.9. The van der Waals surface area contributed by atoms with Crippen LogP contribution in [0.25, 0.3) is 0 Å². The number of benzene rings is 2. The molecule has 1 fully saturated rings. The van der Waals surface area contributed by atoms with Crippen molar-refractivity contribution in [2.75, 3.05) is 13.7 Å². The molecule has 0 saturated carbocycles. The molecule has 2 heterocycles. The van der Waals surface area contributed by atoms with E-state index in [4.69, 9.17) is 28.4 Å². The van der Waals surface area contributed by atoms with Gasteiger partial charge in [0.05, 0.1) is 19.8 Å². The molecular weight excluding hydrogens is 581 g/mol. The second-order valence-corrected chi connectivity index (χ2v) is 19.6. The van der Waals surface area contributed by atoms with Gasteiger partial charge < -0.3 is 23.4 Å². The van der Waals surface area contributed by atoms with Crippen LogP contribution in [0.2, 0.25) is 18.1 Å². The molecule has 8 nitrogen and oxygen atoms in total. The third kappa shape index (κ3) is 8.92. The Labute approximate surface area is 262 Å². The molecule has 5 atom stereocenters. The summed E-state index contributed by atoms with van der Waals surface area (Å²) in [6.07, 6.45) is -1.75. The first-order valence-corrected chi connectivity index (χ1v) is 18.7. The van der Waals surface area contributed by atoms with Crippen LogP contribution >= 0.6 is 11.8 Å². The van der Waals surface area contributed by atoms with Crippen LogP contribution in [0.4, 0.5) is 4.79 Å². The van der Waals surface area contributed by atoms with Crippen molar-refractivity contribution in [2.24, 2.45) is 4.99 Å². The number of hydrogen-bond acceptors (Lipinski definition) is 8. The quantitative estimate of drug-likeness (QED) is 0.271. The minimum Gasteiger partial charge on any atom is -0.443 e. The lowest BCUT2D eigenvalue weighted by molar-refractivity contribution is -0.204. The number of thioether (sulfide) groups is 1. The van der Waals surface area contributed by atoms with E-state index in [0.29, 0.717) is 25.0 Å². The minimum atomic E-state index is -2.08. The van der Waals surface area contributed by atoms with E-state index in [9.17, 15) is 4.79 Å². The summed E-state index contributed by atoms with van der Waals surface area (Å²) in [5.74, 6) is 0. The van der Waals surface area contributed by atoms with Crippen molar-refractivity contribution in [1.82, 2.24) is 4.90 Å². The highest BCUT2D eigenvalue weighted by molar-refractivity contribution is 8.14. The maximum atomic E-state index is 12.9. The molecule has 0 radical (unpaired) electrons. The van der Waals surface area contributed by atoms with Crippen molar-refractivity contribution in [3.8, 4) is 0 Å². The molecule has 0 aliphatic carbocycles. The number of fused-ring (bicyclic) bond motifs is 1. The molecule has 0 N–H and O–H groups in total. The SMILES string of the molecule is CN(C(=O)OC(C)(C)C)C1=N[C@@H]2[C@@H](OCc3ccccc3)[C@H](OCc3ccccc3)[C@@H](CO[Si](C)(C)C(C)(C)C)O[C@@H]2S1. The molecule has 1 saturated heterocycles. The molecule has 0 unspecified atom stereocenters. The Hall–Kier alpha value is -2.21. The standard InChI is InChI=1S/C33H48N2O6SSi/c1-32(2,3)41-31(36)35(7)30-34-26-28(38-21-24-18-14-11-15-19-24)27(37-20-23-16-12-10-13-17-23)25(40-29(26)42-30)22-39-43(8,9)33(4,5)6/h10-19,25-29H,20-22H2,1-9H3/t25-,26-,27-,28-,29-/m1/s1. The van der Waals surface area contributed by atoms with Crippen LogP contribution in [0.3, 0.4) is 0 Å². The monoisotopic (exact) mass is 628 g/mol. The Bertz CT molecular complexity index is 1230. The van der Waals surface area contributed by atoms with Gasteiger partial charge in [0, 0.05) is 7.05 Å². The van der Waals surface area contributed by atoms with Gasteiger partial charge in [-0.15, -0.1) is 0 Å². The van der Waals surface area contributed by atoms with Crippen LogP contribution in [-0.4, -0.2) is 73.5 Å². The Morgan fingerprint density at radius 2 is 1.44 bits per heavy atom. The van der Waals surface area contributed by atoms with Gasteiger partial charge in [0.1, 0.15) is 35.4 Å². The molecule has 0 bridgehead atoms. The molecule has 236 valence electrons. The van der Waals surface area contributed by atoms with Gasteiger partial charge in [0.15, 0.2) is 13.5 Å². The van der Waals surface area contributed by atoms with Gasteiger partial charge in [-0.2, -0.15) is 0 Å². The van der Waals surface area contributed by atoms with Gasteiger partial charge >= 0.3 is 6.09 Å². The van der Waals surface area contributed by atoms with Crippen molar-refractivity contribution >= 4 is 31.3 Å². The van der Waals surface area contributed by atoms with Gasteiger partial charge in [-0.3, -0.25) is 9.89 Å². The predicted molar refractivity (Wildman–Crippen MR) is 175 cm³/mol. The summed E-state index contributed by atoms with van der Waals surface area (Å²) < 4.78 is 32.4. The molecule has 43 heavy (non-hydrogen) atoms. The van der Waals surface area contributed by atoms with Crippen LogP contribution in [0, 0.1) is 0 Å². The number of carbonyl (C=O) groups is 1. The third-order valence-corrected chi connectivity index (χ3v) is 13.7. The van der Waals surface area contributed by atoms with Crippen molar-refractivity contribution in [1.29, 1.82) is 0 Å². The molecule has 0 spiro atoms. The van der Waals surface area contributed by atoms with Gasteiger partial charge in [-0.25, -0.2) is 4.79 Å². The second kappa shape index (κ2) is 13.8. The largest absolute Gasteiger partial charge is 0.443 e. The van der Waals surface area contributed by atoms with E-state index in [1.165, 1.54) is 16.7 Å². The summed E-state index contributed by atoms with van der Waals surface area (Å²) in [5.41, 5.74) is 1.13. The number of rotatable bonds is 9. The first-order chi connectivity index (χ1) is 20.1. The van der Waals surface area contributed by atoms with E-state index in [2.05, 4.69) is 33.9 Å². The number of nitrogens with zero attached hydrogens (tertiary/aromatic N) is 2. The smallest absolute Gasteiger partial charge is 0.416 e. The van der Waals surface area contributed by atoms with Crippen molar-refractivity contribution < 1.29 is 28.2 Å². The molecule has 2 aliphatic rings. The number of amidine groups is 1. The number of hydrogen-bond donors (Lipinski definition) is 0. The molecule has 4 rings (SSSR count). The third-order valence-electron chi connectivity index (χ3n) is 8.04. The van der Waals surface area contributed by atoms with Crippen molar-refractivity contribution in [3.63, 3.8) is 0 Å². The van der Waals surface area contributed by atoms with Crippen LogP contribution in [-0.2, 0) is 36.6 Å². The van der Waals surface area contributed by atoms with E-state index in [1.807, 2.05) is 81.4 Å². The van der Waals surface area contributed by atoms with Gasteiger partial charge in [-0.1, -0.05) is 93.2 Å². The second-order valence-electron chi connectivity index (χ2n) is 13.7. The van der Waals surface area contributed by atoms with Crippen molar-refractivity contribution in [2.45, 2.75) is 108 Å². The maximum absolute atomic E-state index is 12.9. The van der Waals surface area contributed by atoms with E-state index in [1.54, 1.807) is 7.05 Å². The first-order valence-electron chi connectivity index (χ1n) is 15.0. The highest BCUT2D eigenvalue weighted by Gasteiger charge is 2.52. The molecule has 1 amide bonds. The summed E-state index contributed by atoms with van der Waals surface area (Å²) in [4.78, 5) is 19.4. The van der Waals surface area contributed by atoms with Crippen LogP contribution in [0.15, 0.2) is 65.7 Å². The van der Waals surface area contributed by atoms with Crippen molar-refractivity contribution in [3.05, 3.63) is 71.8 Å². The highest BCUT2D eigenvalue weighted by Crippen LogP contribution is 2.42. The molecule has 2 aliphatic heterocycles. The lowest BCUT2D eigenvalue weighted by Gasteiger charge is -2.44. The fourth-order valence-corrected chi connectivity index (χ4v) is 6.72. The van der Waals surface area contributed by atoms with Crippen LogP contribution < -0.4 is 0 Å². The Kier molecular flexibility index (Phi) is 10.8. The number of ether oxygens (including phenoxy) is 4. The first kappa shape index (κ1) is 33.7. The fraction of sp³-hybridized carbons (Fsp3) is 0.576. The summed E-state index contributed by atoms with van der Waals surface area (Å²) in [6, 6.07) is 19.8. The van der Waals surface area contributed by atoms with Gasteiger partial charge in [-0.05, 0) is 50.0 Å². The zero-order chi connectivity index (χ0) is 31.4. The number of carbonyl (C=O) groups excluding carboxylic acids is 1. The summed E-state index contributed by atoms with van der Waals surface area (Å²) in [7, 11) is -0.403. The zero-order valence-electron chi connectivity index (χ0n) is 27.0. The summed E-state index contributed by atoms with van der Waals surface area (Å²) in [6.45, 7) is 17.9. The molecule has 10 heteroatoms. The highest BCUT2D eigenvalue weighted by atomic mass is 32.2. The lowest BCUT2D eigenvalue weighted by atomic mass is 9.97. The molecule has 2 aromatic rings. The van der Waals surface area contributed by atoms with E-state index < -0.39 is 44.4 Å². The van der Waals surface area contributed by atoms with Gasteiger partial charge in [0.25, 0.3) is 0 Å². The predicted octanol–water partition coefficient (Wildman–Crippen LogP) is 7.24. The molecule has 0 aromatic heterocycles. The Morgan fingerprint density at radius 1 is 0.907 bits per heavy atom. The topological polar surface area (TPSA) is 78.8 Å². The average Bonchev–Trinajstić information content (AvgIpc) is 3.37. The lowest BCUT2D eigenvalue weighted by Crippen LogP contribution is -2.59. The van der Waals surface area contributed by atoms with E-state index >= 15 is 0 Å². The number of aliphatic imine (C=N–C) groups is 1. The minimum absolute atomic E-state index is 0.0440. The Morgan fingerprint density at radius 3 is 1.95 bits per heavy atom. The maximum Gasteiger partial charge on any atom is 0.416 e. The normalized spacial score (nSPS) is 24.3. The average molecular weight is 629 g/mol. The van der Waals surface area contributed by atoms with Gasteiger partial charge in [0.2, 0.25) is 0 Å².